The first-order valence-electron chi connectivity index (χ1n) is 11.9. The Morgan fingerprint density at radius 3 is 2.56 bits per heavy atom. The monoisotopic (exact) mass is 474 g/mol. The molecule has 4 aromatic rings. The van der Waals surface area contributed by atoms with Crippen LogP contribution in [0.4, 0.5) is 0 Å². The van der Waals surface area contributed by atoms with Gasteiger partial charge < -0.3 is 5.32 Å². The number of likely N-dealkylation sites (N-methyl/N-ethyl adjacent to an activating group) is 1. The van der Waals surface area contributed by atoms with E-state index < -0.39 is 0 Å². The lowest BCUT2D eigenvalue weighted by atomic mass is 9.99. The molecule has 1 atom stereocenters. The summed E-state index contributed by atoms with van der Waals surface area (Å²) in [5.74, 6) is -0.173. The maximum atomic E-state index is 13.4. The molecule has 1 fully saturated rings. The van der Waals surface area contributed by atoms with E-state index in [2.05, 4.69) is 34.5 Å². The van der Waals surface area contributed by atoms with Crippen LogP contribution >= 0.6 is 11.6 Å². The van der Waals surface area contributed by atoms with Crippen molar-refractivity contribution in [2.24, 2.45) is 0 Å². The summed E-state index contributed by atoms with van der Waals surface area (Å²) in [6.07, 6.45) is 2.72. The van der Waals surface area contributed by atoms with Crippen molar-refractivity contribution in [2.45, 2.75) is 37.9 Å². The van der Waals surface area contributed by atoms with Gasteiger partial charge in [-0.1, -0.05) is 48.0 Å². The van der Waals surface area contributed by atoms with Crippen molar-refractivity contribution < 1.29 is 4.79 Å². The van der Waals surface area contributed by atoms with Crippen molar-refractivity contribution >= 4 is 39.3 Å². The minimum atomic E-state index is -0.173. The van der Waals surface area contributed by atoms with E-state index in [4.69, 9.17) is 11.6 Å². The third-order valence-electron chi connectivity index (χ3n) is 7.64. The Morgan fingerprint density at radius 2 is 1.79 bits per heavy atom. The van der Waals surface area contributed by atoms with E-state index >= 15 is 0 Å². The van der Waals surface area contributed by atoms with Crippen LogP contribution in [0.5, 0.6) is 0 Å². The van der Waals surface area contributed by atoms with Gasteiger partial charge in [0.25, 0.3) is 0 Å². The topological polar surface area (TPSA) is 59.3 Å². The molecular weight excluding hydrogens is 448 g/mol. The summed E-state index contributed by atoms with van der Waals surface area (Å²) in [4.78, 5) is 28.0. The van der Waals surface area contributed by atoms with Gasteiger partial charge in [0.2, 0.25) is 5.91 Å². The predicted octanol–water partition coefficient (Wildman–Crippen LogP) is 4.29. The van der Waals surface area contributed by atoms with Crippen molar-refractivity contribution in [3.05, 3.63) is 81.2 Å². The van der Waals surface area contributed by atoms with Gasteiger partial charge in [-0.05, 0) is 59.4 Å². The van der Waals surface area contributed by atoms with Gasteiger partial charge in [-0.25, -0.2) is 4.79 Å². The summed E-state index contributed by atoms with van der Waals surface area (Å²) >= 11 is 6.58. The zero-order chi connectivity index (χ0) is 23.4. The number of hydrogen-bond donors (Lipinski definition) is 1. The molecule has 1 N–H and O–H groups in total. The van der Waals surface area contributed by atoms with Crippen LogP contribution in [0.25, 0.3) is 21.8 Å². The number of rotatable bonds is 4. The number of hydrogen-bond acceptors (Lipinski definition) is 3. The third-order valence-corrected chi connectivity index (χ3v) is 7.99. The fourth-order valence-corrected chi connectivity index (χ4v) is 6.22. The normalized spacial score (nSPS) is 18.7. The summed E-state index contributed by atoms with van der Waals surface area (Å²) in [7, 11) is 1.59. The second-order valence-corrected chi connectivity index (χ2v) is 9.77. The zero-order valence-electron chi connectivity index (χ0n) is 19.1. The fraction of sp³-hybridized carbons (Fsp3) is 0.333. The van der Waals surface area contributed by atoms with E-state index in [1.54, 1.807) is 11.6 Å². The number of carbonyl (C=O) groups is 1. The van der Waals surface area contributed by atoms with E-state index in [1.807, 2.05) is 34.9 Å². The van der Waals surface area contributed by atoms with Crippen molar-refractivity contribution in [3.8, 4) is 0 Å². The van der Waals surface area contributed by atoms with Crippen LogP contribution in [0.3, 0.4) is 0 Å². The first kappa shape index (κ1) is 21.4. The van der Waals surface area contributed by atoms with Crippen LogP contribution in [0.15, 0.2) is 59.4 Å². The van der Waals surface area contributed by atoms with Crippen LogP contribution in [0.2, 0.25) is 5.02 Å². The number of piperidine rings is 1. The van der Waals surface area contributed by atoms with Crippen molar-refractivity contribution in [2.75, 3.05) is 20.1 Å². The highest BCUT2D eigenvalue weighted by Gasteiger charge is 2.34. The summed E-state index contributed by atoms with van der Waals surface area (Å²) < 4.78 is 3.51. The van der Waals surface area contributed by atoms with Gasteiger partial charge in [-0.15, -0.1) is 0 Å². The Balaban J connectivity index is 1.28. The number of nitrogens with one attached hydrogen (secondary N) is 1. The highest BCUT2D eigenvalue weighted by molar-refractivity contribution is 6.32. The Hall–Kier alpha value is -3.09. The molecule has 0 spiro atoms. The highest BCUT2D eigenvalue weighted by Crippen LogP contribution is 2.44. The molecule has 0 saturated carbocycles. The number of halogens is 1. The minimum absolute atomic E-state index is 0.0345. The molecule has 34 heavy (non-hydrogen) atoms. The summed E-state index contributed by atoms with van der Waals surface area (Å²) in [6.45, 7) is 1.87. The number of imidazole rings is 1. The first-order chi connectivity index (χ1) is 16.6. The summed E-state index contributed by atoms with van der Waals surface area (Å²) in [6, 6.07) is 18.9. The molecule has 1 amide bonds. The summed E-state index contributed by atoms with van der Waals surface area (Å²) in [5.41, 5.74) is 4.24. The van der Waals surface area contributed by atoms with Gasteiger partial charge in [-0.2, -0.15) is 0 Å². The third kappa shape index (κ3) is 3.28. The molecule has 1 aliphatic carbocycles. The Bertz CT molecular complexity index is 1480. The number of amides is 1. The number of para-hydroxylation sites is 2. The van der Waals surface area contributed by atoms with Gasteiger partial charge in [-0.3, -0.25) is 18.8 Å². The van der Waals surface area contributed by atoms with E-state index in [1.165, 1.54) is 21.9 Å². The molecule has 6 rings (SSSR count). The molecule has 0 bridgehead atoms. The molecule has 1 aliphatic heterocycles. The molecule has 7 heteroatoms. The van der Waals surface area contributed by atoms with Crippen molar-refractivity contribution in [1.29, 1.82) is 0 Å². The van der Waals surface area contributed by atoms with Crippen LogP contribution in [0, 0.1) is 0 Å². The molecule has 1 aromatic heterocycles. The molecular formula is C27H27ClN4O2. The maximum Gasteiger partial charge on any atom is 0.329 e. The number of aromatic nitrogens is 2. The van der Waals surface area contributed by atoms with Crippen molar-refractivity contribution in [1.82, 2.24) is 19.4 Å². The smallest absolute Gasteiger partial charge is 0.329 e. The van der Waals surface area contributed by atoms with Gasteiger partial charge in [0.05, 0.1) is 11.0 Å². The highest BCUT2D eigenvalue weighted by atomic mass is 35.5. The average molecular weight is 475 g/mol. The quantitative estimate of drug-likeness (QED) is 0.480. The van der Waals surface area contributed by atoms with Crippen LogP contribution in [-0.4, -0.2) is 40.1 Å². The molecule has 174 valence electrons. The maximum absolute atomic E-state index is 13.4. The molecule has 2 heterocycles. The number of carbonyl (C=O) groups excluding carboxylic acids is 1. The second kappa shape index (κ2) is 8.29. The lowest BCUT2D eigenvalue weighted by molar-refractivity contribution is -0.121. The molecule has 3 aromatic carbocycles. The molecule has 1 saturated heterocycles. The lowest BCUT2D eigenvalue weighted by Crippen LogP contribution is -2.40. The molecule has 2 aliphatic rings. The van der Waals surface area contributed by atoms with Crippen LogP contribution < -0.4 is 11.0 Å². The predicted molar refractivity (Wildman–Crippen MR) is 136 cm³/mol. The first-order valence-corrected chi connectivity index (χ1v) is 12.3. The van der Waals surface area contributed by atoms with E-state index in [9.17, 15) is 9.59 Å². The van der Waals surface area contributed by atoms with Crippen LogP contribution in [0.1, 0.15) is 36.1 Å². The van der Waals surface area contributed by atoms with E-state index in [0.717, 1.165) is 48.4 Å². The molecule has 1 unspecified atom stereocenters. The van der Waals surface area contributed by atoms with Crippen LogP contribution in [-0.2, 0) is 17.8 Å². The van der Waals surface area contributed by atoms with Gasteiger partial charge in [0, 0.05) is 37.2 Å². The number of likely N-dealkylation sites (tertiary alicyclic amines) is 1. The summed E-state index contributed by atoms with van der Waals surface area (Å²) in [5, 5.41) is 6.05. The SMILES string of the molecule is CNC(=O)Cn1c(=O)n(C2CCN(C3Cc4c(Cl)ccc5cccc3c45)CC2)c2ccccc21. The lowest BCUT2D eigenvalue weighted by Gasteiger charge is -2.36. The molecule has 0 radical (unpaired) electrons. The van der Waals surface area contributed by atoms with Gasteiger partial charge >= 0.3 is 5.69 Å². The number of fused-ring (bicyclic) bond motifs is 1. The van der Waals surface area contributed by atoms with Gasteiger partial charge in [0.15, 0.2) is 0 Å². The Morgan fingerprint density at radius 1 is 1.03 bits per heavy atom. The van der Waals surface area contributed by atoms with E-state index in [0.29, 0.717) is 6.04 Å². The largest absolute Gasteiger partial charge is 0.358 e. The fourth-order valence-electron chi connectivity index (χ4n) is 5.98. The van der Waals surface area contributed by atoms with Crippen molar-refractivity contribution in [3.63, 3.8) is 0 Å². The average Bonchev–Trinajstić information content (AvgIpc) is 3.39. The number of benzene rings is 3. The zero-order valence-corrected chi connectivity index (χ0v) is 19.9. The second-order valence-electron chi connectivity index (χ2n) is 9.36. The minimum Gasteiger partial charge on any atom is -0.358 e. The Labute approximate surface area is 202 Å². The standard InChI is InChI=1S/C27H27ClN4O2/c1-29-25(33)16-31-22-7-2-3-8-23(22)32(27(31)34)18-11-13-30(14-12-18)24-15-20-21(28)10-9-17-5-4-6-19(24)26(17)20/h2-10,18,24H,11-16H2,1H3,(H,29,33). The van der Waals surface area contributed by atoms with Gasteiger partial charge in [0.1, 0.15) is 6.54 Å². The number of nitrogens with zero attached hydrogens (tertiary/aromatic N) is 3. The molecule has 6 nitrogen and oxygen atoms in total. The Kier molecular flexibility index (Phi) is 5.23. The van der Waals surface area contributed by atoms with E-state index in [-0.39, 0.29) is 24.2 Å².